The van der Waals surface area contributed by atoms with E-state index >= 15 is 0 Å². The fourth-order valence-electron chi connectivity index (χ4n) is 7.25. The fraction of sp³-hybridized carbons (Fsp3) is 0.649. The molecule has 1 spiro atoms. The van der Waals surface area contributed by atoms with Crippen molar-refractivity contribution >= 4 is 59.0 Å². The van der Waals surface area contributed by atoms with Crippen LogP contribution in [0.3, 0.4) is 0 Å². The molecule has 0 radical (unpaired) electrons. The molecule has 4 atom stereocenters. The van der Waals surface area contributed by atoms with Crippen LogP contribution in [0.15, 0.2) is 30.3 Å². The van der Waals surface area contributed by atoms with E-state index in [1.54, 1.807) is 52.7 Å². The average molecular weight is 800 g/mol. The lowest BCUT2D eigenvalue weighted by atomic mass is 9.83. The molecular formula is C37H53N9O7S2. The van der Waals surface area contributed by atoms with E-state index in [4.69, 9.17) is 4.74 Å². The summed E-state index contributed by atoms with van der Waals surface area (Å²) in [5.74, 6) is -1.40. The van der Waals surface area contributed by atoms with Gasteiger partial charge in [-0.2, -0.15) is 5.21 Å². The first kappa shape index (κ1) is 42.0. The number of carbonyl (C=O) groups is 6. The zero-order valence-electron chi connectivity index (χ0n) is 31.7. The van der Waals surface area contributed by atoms with E-state index in [1.807, 2.05) is 26.8 Å². The average Bonchev–Trinajstić information content (AvgIpc) is 3.86. The molecule has 3 fully saturated rings. The normalized spacial score (nSPS) is 19.9. The number of aromatic nitrogens is 4. The number of hydrogen-bond acceptors (Lipinski definition) is 12. The number of carbonyl (C=O) groups excluding carboxylic acids is 6. The molecule has 1 saturated carbocycles. The minimum absolute atomic E-state index is 0.106. The molecular weight excluding hydrogens is 747 g/mol. The number of ether oxygens (including phenoxy) is 1. The Kier molecular flexibility index (Phi) is 15.3. The van der Waals surface area contributed by atoms with Gasteiger partial charge in [-0.05, 0) is 54.6 Å². The molecule has 2 unspecified atom stereocenters. The van der Waals surface area contributed by atoms with Crippen molar-refractivity contribution in [2.75, 3.05) is 31.2 Å². The van der Waals surface area contributed by atoms with Crippen LogP contribution in [0.5, 0.6) is 0 Å². The van der Waals surface area contributed by atoms with Gasteiger partial charge in [0.25, 0.3) is 5.91 Å². The molecule has 5 N–H and O–H groups in total. The third-order valence-electron chi connectivity index (χ3n) is 10.0. The SMILES string of the molecule is CCCC(NC(=O)[C@@H]1CC2(CN1C(=O)[C@@H](NC(=O)OCC(C)C)C1CCCCC1)SCCCS2)C(=O)C(=O)NCC(=O)NC(c1ccccc1)c1nn[nH]n1. The number of benzene rings is 1. The lowest BCUT2D eigenvalue weighted by Crippen LogP contribution is -2.58. The number of nitrogens with zero attached hydrogens (tertiary/aromatic N) is 4. The number of Topliss-reactive ketones (excluding diaryl/α,β-unsaturated/α-hetero) is 1. The number of hydrogen-bond donors (Lipinski definition) is 5. The van der Waals surface area contributed by atoms with Crippen LogP contribution in [-0.4, -0.2) is 114 Å². The monoisotopic (exact) mass is 799 g/mol. The fourth-order valence-corrected chi connectivity index (χ4v) is 10.6. The molecule has 18 heteroatoms. The van der Waals surface area contributed by atoms with Gasteiger partial charge in [0.2, 0.25) is 29.3 Å². The van der Waals surface area contributed by atoms with Crippen LogP contribution in [0.1, 0.15) is 96.0 Å². The number of thioether (sulfide) groups is 2. The van der Waals surface area contributed by atoms with Gasteiger partial charge in [0, 0.05) is 13.0 Å². The third-order valence-corrected chi connectivity index (χ3v) is 13.3. The molecule has 0 bridgehead atoms. The van der Waals surface area contributed by atoms with Gasteiger partial charge in [-0.15, -0.1) is 33.7 Å². The summed E-state index contributed by atoms with van der Waals surface area (Å²) in [5.41, 5.74) is 0.684. The molecule has 2 aromatic rings. The molecule has 1 aliphatic carbocycles. The Bertz CT molecular complexity index is 1620. The number of ketones is 1. The van der Waals surface area contributed by atoms with Crippen LogP contribution >= 0.6 is 23.5 Å². The zero-order chi connectivity index (χ0) is 39.4. The maximum Gasteiger partial charge on any atom is 0.407 e. The Hall–Kier alpha value is -4.19. The van der Waals surface area contributed by atoms with Crippen LogP contribution in [-0.2, 0) is 28.7 Å². The Balaban J connectivity index is 1.27. The van der Waals surface area contributed by atoms with Crippen LogP contribution in [0.25, 0.3) is 0 Å². The van der Waals surface area contributed by atoms with Crippen molar-refractivity contribution in [2.24, 2.45) is 11.8 Å². The van der Waals surface area contributed by atoms with Gasteiger partial charge in [0.1, 0.15) is 18.1 Å². The maximum atomic E-state index is 14.6. The Morgan fingerprint density at radius 2 is 1.71 bits per heavy atom. The highest BCUT2D eigenvalue weighted by atomic mass is 32.2. The number of alkyl carbamates (subject to hydrolysis) is 1. The summed E-state index contributed by atoms with van der Waals surface area (Å²) < 4.78 is 5.01. The summed E-state index contributed by atoms with van der Waals surface area (Å²) in [6.07, 6.45) is 5.82. The minimum Gasteiger partial charge on any atom is -0.449 e. The van der Waals surface area contributed by atoms with Crippen LogP contribution < -0.4 is 21.3 Å². The maximum absolute atomic E-state index is 14.6. The highest BCUT2D eigenvalue weighted by Gasteiger charge is 2.52. The Morgan fingerprint density at radius 3 is 2.36 bits per heavy atom. The number of amides is 5. The first-order valence-electron chi connectivity index (χ1n) is 19.2. The molecule has 3 aliphatic rings. The van der Waals surface area contributed by atoms with Gasteiger partial charge < -0.3 is 30.9 Å². The second-order valence-electron chi connectivity index (χ2n) is 14.7. The number of H-pyrrole nitrogens is 1. The molecule has 2 aliphatic heterocycles. The van der Waals surface area contributed by atoms with Crippen molar-refractivity contribution in [1.82, 2.24) is 46.8 Å². The number of likely N-dealkylation sites (tertiary alicyclic amines) is 1. The highest BCUT2D eigenvalue weighted by molar-refractivity contribution is 8.18. The molecule has 2 saturated heterocycles. The summed E-state index contributed by atoms with van der Waals surface area (Å²) in [7, 11) is 0. The first-order valence-corrected chi connectivity index (χ1v) is 21.2. The van der Waals surface area contributed by atoms with Gasteiger partial charge in [0.05, 0.1) is 23.3 Å². The van der Waals surface area contributed by atoms with E-state index in [9.17, 15) is 28.8 Å². The largest absolute Gasteiger partial charge is 0.449 e. The van der Waals surface area contributed by atoms with Gasteiger partial charge in [-0.3, -0.25) is 24.0 Å². The molecule has 5 rings (SSSR count). The molecule has 1 aromatic carbocycles. The van der Waals surface area contributed by atoms with Gasteiger partial charge in [0.15, 0.2) is 0 Å². The highest BCUT2D eigenvalue weighted by Crippen LogP contribution is 2.50. The second-order valence-corrected chi connectivity index (χ2v) is 18.0. The molecule has 16 nitrogen and oxygen atoms in total. The summed E-state index contributed by atoms with van der Waals surface area (Å²) in [4.78, 5) is 83.0. The molecule has 5 amide bonds. The van der Waals surface area contributed by atoms with E-state index in [0.29, 0.717) is 24.9 Å². The van der Waals surface area contributed by atoms with E-state index in [-0.39, 0.29) is 36.6 Å². The zero-order valence-corrected chi connectivity index (χ0v) is 33.3. The number of nitrogens with one attached hydrogen (secondary N) is 5. The molecule has 300 valence electrons. The summed E-state index contributed by atoms with van der Waals surface area (Å²) >= 11 is 3.47. The quantitative estimate of drug-likeness (QED) is 0.155. The number of aromatic amines is 1. The smallest absolute Gasteiger partial charge is 0.407 e. The van der Waals surface area contributed by atoms with Crippen molar-refractivity contribution in [3.63, 3.8) is 0 Å². The molecule has 55 heavy (non-hydrogen) atoms. The number of rotatable bonds is 16. The van der Waals surface area contributed by atoms with Crippen LogP contribution in [0, 0.1) is 11.8 Å². The molecule has 1 aromatic heterocycles. The van der Waals surface area contributed by atoms with E-state index in [2.05, 4.69) is 41.9 Å². The van der Waals surface area contributed by atoms with Gasteiger partial charge in [-0.25, -0.2) is 4.79 Å². The van der Waals surface area contributed by atoms with Crippen molar-refractivity contribution in [3.05, 3.63) is 41.7 Å². The number of tetrazole rings is 1. The van der Waals surface area contributed by atoms with E-state index in [0.717, 1.165) is 50.0 Å². The lowest BCUT2D eigenvalue weighted by molar-refractivity contribution is -0.143. The van der Waals surface area contributed by atoms with Crippen molar-refractivity contribution in [2.45, 2.75) is 107 Å². The van der Waals surface area contributed by atoms with Gasteiger partial charge >= 0.3 is 6.09 Å². The van der Waals surface area contributed by atoms with Crippen LogP contribution in [0.4, 0.5) is 4.79 Å². The minimum atomic E-state index is -1.18. The lowest BCUT2D eigenvalue weighted by Gasteiger charge is -2.35. The Labute approximate surface area is 329 Å². The van der Waals surface area contributed by atoms with Gasteiger partial charge in [-0.1, -0.05) is 82.0 Å². The topological polar surface area (TPSA) is 217 Å². The molecule has 3 heterocycles. The van der Waals surface area contributed by atoms with Crippen molar-refractivity contribution < 1.29 is 33.5 Å². The standard InChI is InChI=1S/C37H53N9O7S2/c1-4-12-26(31(48)34(50)38-20-28(47)40-29(32-42-44-45-43-32)24-13-7-5-8-14-24)39-33(49)27-19-37(54-17-11-18-55-37)22-46(27)35(51)30(25-15-9-6-10-16-25)41-36(52)53-21-23(2)3/h5,7-8,13-14,23,25-27,29-30H,4,6,9-12,15-22H2,1-3H3,(H,38,50)(H,39,49)(H,40,47)(H,41,52)(H,42,43,44,45)/t26?,27-,29?,30-/m0/s1. The third kappa shape index (κ3) is 11.4. The van der Waals surface area contributed by atoms with E-state index < -0.39 is 64.4 Å². The summed E-state index contributed by atoms with van der Waals surface area (Å²) in [5, 5.41) is 24.7. The van der Waals surface area contributed by atoms with Crippen molar-refractivity contribution in [1.29, 1.82) is 0 Å². The van der Waals surface area contributed by atoms with Crippen molar-refractivity contribution in [3.8, 4) is 0 Å². The predicted octanol–water partition coefficient (Wildman–Crippen LogP) is 2.87. The second kappa shape index (κ2) is 20.1. The summed E-state index contributed by atoms with van der Waals surface area (Å²) in [6, 6.07) is 5.24. The first-order chi connectivity index (χ1) is 26.5. The Morgan fingerprint density at radius 1 is 0.982 bits per heavy atom. The predicted molar refractivity (Wildman–Crippen MR) is 208 cm³/mol. The van der Waals surface area contributed by atoms with Crippen LogP contribution in [0.2, 0.25) is 0 Å². The van der Waals surface area contributed by atoms with E-state index in [1.165, 1.54) is 0 Å². The summed E-state index contributed by atoms with van der Waals surface area (Å²) in [6.45, 7) is 5.69.